The molecule has 14 aromatic rings. The van der Waals surface area contributed by atoms with Gasteiger partial charge in [-0.15, -0.1) is 0 Å². The molecular formula is C112H116N2. The van der Waals surface area contributed by atoms with Crippen molar-refractivity contribution in [2.24, 2.45) is 0 Å². The SMILES string of the molecule is CC(C)(C)c1ccc(-c2cc(-c3ccc(C(C)(C)C)cc3)cc(-c3cncc(-c4cc(-c5ccc(C(C)(C)C)cc5)cc(-c5ccc(C(C)(C)C(C)(C)c6ccc(-c7cc(-c8ccc(C(C)(C)C)cc8)cc(-c8cncc(-c9cc(-c%10ccc(C(C)(C)C)cc%10)cc(-c%10ccc(C(C)(C)C)cc%10)c9)c8)c7)cc6)cc5)c4)c3)c2)cc1. The van der Waals surface area contributed by atoms with E-state index in [1.54, 1.807) is 0 Å². The Morgan fingerprint density at radius 1 is 0.123 bits per heavy atom. The van der Waals surface area contributed by atoms with Crippen molar-refractivity contribution in [2.45, 2.75) is 196 Å². The minimum atomic E-state index is -0.276. The zero-order chi connectivity index (χ0) is 81.2. The highest BCUT2D eigenvalue weighted by Gasteiger charge is 2.40. The van der Waals surface area contributed by atoms with Crippen LogP contribution in [0.15, 0.2) is 304 Å². The van der Waals surface area contributed by atoms with E-state index in [1.165, 1.54) is 100 Å². The van der Waals surface area contributed by atoms with Gasteiger partial charge in [-0.3, -0.25) is 9.97 Å². The number of pyridine rings is 2. The molecule has 574 valence electrons. The average molecular weight is 1490 g/mol. The second kappa shape index (κ2) is 30.4. The summed E-state index contributed by atoms with van der Waals surface area (Å²) in [5.74, 6) is 0. The van der Waals surface area contributed by atoms with Gasteiger partial charge in [0, 0.05) is 47.0 Å². The first kappa shape index (κ1) is 79.6. The highest BCUT2D eigenvalue weighted by atomic mass is 14.6. The number of aromatic nitrogens is 2. The van der Waals surface area contributed by atoms with E-state index in [4.69, 9.17) is 9.97 Å². The molecule has 0 radical (unpaired) electrons. The first-order valence-electron chi connectivity index (χ1n) is 41.1. The standard InChI is InChI=1S/C112H116N2/c1-105(2,3)97-39-23-73(24-40-97)81-55-82(74-25-41-98(42-26-74)106(4,5)6)60-89(59-81)93-67-95(71-113-69-93)91-63-85(77-31-47-101(48-32-77)109(13,14)15)57-87(65-91)79-35-51-103(52-36-79)111(19,20)112(21,22)104-53-37-80(38-54-104)88-58-86(78-33-49-102(50-34-78)110(16,17)18)64-92(66-88)96-68-94(70-114-72-96)90-61-83(75-27-43-99(44-28-75)107(7,8)9)56-84(62-90)76-29-45-100(46-30-76)108(10,11)12/h23-72H,1-22H3. The summed E-state index contributed by atoms with van der Waals surface area (Å²) in [5, 5.41) is 0. The summed E-state index contributed by atoms with van der Waals surface area (Å²) in [6.45, 7) is 50.7. The van der Waals surface area contributed by atoms with Crippen LogP contribution in [0.4, 0.5) is 0 Å². The second-order valence-corrected chi connectivity index (χ2v) is 39.5. The van der Waals surface area contributed by atoms with Gasteiger partial charge in [0.1, 0.15) is 0 Å². The summed E-state index contributed by atoms with van der Waals surface area (Å²) in [6, 6.07) is 107. The maximum Gasteiger partial charge on any atom is 0.0346 e. The van der Waals surface area contributed by atoms with E-state index in [0.717, 1.165) is 77.9 Å². The fourth-order valence-electron chi connectivity index (χ4n) is 15.9. The minimum absolute atomic E-state index is 0.0306. The molecule has 2 heteroatoms. The van der Waals surface area contributed by atoms with E-state index in [2.05, 4.69) is 431 Å². The predicted molar refractivity (Wildman–Crippen MR) is 492 cm³/mol. The van der Waals surface area contributed by atoms with Gasteiger partial charge in [0.2, 0.25) is 0 Å². The largest absolute Gasteiger partial charge is 0.263 e. The first-order valence-corrected chi connectivity index (χ1v) is 41.1. The van der Waals surface area contributed by atoms with Crippen molar-refractivity contribution in [2.75, 3.05) is 0 Å². The van der Waals surface area contributed by atoms with Crippen LogP contribution in [0.3, 0.4) is 0 Å². The van der Waals surface area contributed by atoms with Crippen LogP contribution in [0.1, 0.15) is 197 Å². The molecule has 14 rings (SSSR count). The summed E-state index contributed by atoms with van der Waals surface area (Å²) in [6.07, 6.45) is 8.13. The van der Waals surface area contributed by atoms with E-state index >= 15 is 0 Å². The smallest absolute Gasteiger partial charge is 0.0346 e. The summed E-state index contributed by atoms with van der Waals surface area (Å²) < 4.78 is 0. The molecule has 12 aromatic carbocycles. The average Bonchev–Trinajstić information content (AvgIpc) is 0.764. The lowest BCUT2D eigenvalue weighted by molar-refractivity contribution is 0.303. The van der Waals surface area contributed by atoms with Gasteiger partial charge in [-0.05, 0) is 284 Å². The van der Waals surface area contributed by atoms with E-state index in [0.29, 0.717) is 0 Å². The maximum absolute atomic E-state index is 5.05. The molecule has 0 amide bonds. The molecule has 0 bridgehead atoms. The predicted octanol–water partition coefficient (Wildman–Crippen LogP) is 31.5. The minimum Gasteiger partial charge on any atom is -0.263 e. The number of nitrogens with zero attached hydrogens (tertiary/aromatic N) is 2. The van der Waals surface area contributed by atoms with Crippen LogP contribution < -0.4 is 0 Å². The summed E-state index contributed by atoms with van der Waals surface area (Å²) >= 11 is 0. The van der Waals surface area contributed by atoms with Crippen LogP contribution in [-0.2, 0) is 43.3 Å². The lowest BCUT2D eigenvalue weighted by Gasteiger charge is -2.43. The van der Waals surface area contributed by atoms with Crippen LogP contribution in [0.2, 0.25) is 0 Å². The Balaban J connectivity index is 0.790. The molecule has 2 heterocycles. The summed E-state index contributed by atoms with van der Waals surface area (Å²) in [5.41, 5.74) is 37.7. The van der Waals surface area contributed by atoms with Gasteiger partial charge >= 0.3 is 0 Å². The van der Waals surface area contributed by atoms with Crippen molar-refractivity contribution in [3.8, 4) is 134 Å². The fraction of sp³-hybridized carbons (Fsp3) is 0.268. The van der Waals surface area contributed by atoms with Crippen molar-refractivity contribution in [3.63, 3.8) is 0 Å². The Kier molecular flexibility index (Phi) is 21.2. The Morgan fingerprint density at radius 2 is 0.228 bits per heavy atom. The van der Waals surface area contributed by atoms with Crippen LogP contribution >= 0.6 is 0 Å². The molecule has 0 saturated heterocycles. The zero-order valence-corrected chi connectivity index (χ0v) is 71.8. The van der Waals surface area contributed by atoms with Crippen LogP contribution in [0, 0.1) is 0 Å². The van der Waals surface area contributed by atoms with Gasteiger partial charge in [-0.1, -0.05) is 346 Å². The molecule has 0 saturated carbocycles. The van der Waals surface area contributed by atoms with Crippen molar-refractivity contribution in [1.82, 2.24) is 9.97 Å². The van der Waals surface area contributed by atoms with Crippen molar-refractivity contribution in [3.05, 3.63) is 348 Å². The third kappa shape index (κ3) is 17.2. The Hall–Kier alpha value is -11.1. The summed E-state index contributed by atoms with van der Waals surface area (Å²) in [4.78, 5) is 10.1. The van der Waals surface area contributed by atoms with E-state index < -0.39 is 0 Å². The quantitative estimate of drug-likeness (QED) is 0.102. The van der Waals surface area contributed by atoms with E-state index in [1.807, 2.05) is 24.8 Å². The van der Waals surface area contributed by atoms with Crippen molar-refractivity contribution in [1.29, 1.82) is 0 Å². The zero-order valence-electron chi connectivity index (χ0n) is 71.8. The Bertz CT molecular complexity index is 5270. The normalized spacial score (nSPS) is 12.6. The third-order valence-electron chi connectivity index (χ3n) is 24.5. The first-order chi connectivity index (χ1) is 53.7. The number of hydrogen-bond acceptors (Lipinski definition) is 2. The van der Waals surface area contributed by atoms with Crippen LogP contribution in [0.5, 0.6) is 0 Å². The highest BCUT2D eigenvalue weighted by molar-refractivity contribution is 5.88. The number of hydrogen-bond donors (Lipinski definition) is 0. The molecule has 2 aromatic heterocycles. The summed E-state index contributed by atoms with van der Waals surface area (Å²) in [7, 11) is 0. The molecule has 0 aliphatic rings. The van der Waals surface area contributed by atoms with E-state index in [9.17, 15) is 0 Å². The van der Waals surface area contributed by atoms with Crippen molar-refractivity contribution < 1.29 is 0 Å². The lowest BCUT2D eigenvalue weighted by atomic mass is 9.61. The topological polar surface area (TPSA) is 25.8 Å². The molecule has 114 heavy (non-hydrogen) atoms. The van der Waals surface area contributed by atoms with Gasteiger partial charge in [0.05, 0.1) is 0 Å². The molecule has 2 nitrogen and oxygen atoms in total. The highest BCUT2D eigenvalue weighted by Crippen LogP contribution is 2.47. The molecule has 0 N–H and O–H groups in total. The molecular weight excluding hydrogens is 1370 g/mol. The molecule has 0 spiro atoms. The van der Waals surface area contributed by atoms with Gasteiger partial charge < -0.3 is 0 Å². The molecule has 0 atom stereocenters. The maximum atomic E-state index is 5.05. The van der Waals surface area contributed by atoms with Crippen LogP contribution in [0.25, 0.3) is 134 Å². The van der Waals surface area contributed by atoms with Crippen molar-refractivity contribution >= 4 is 0 Å². The van der Waals surface area contributed by atoms with Gasteiger partial charge in [-0.2, -0.15) is 0 Å². The van der Waals surface area contributed by atoms with Gasteiger partial charge in [0.25, 0.3) is 0 Å². The number of rotatable bonds is 15. The fourth-order valence-corrected chi connectivity index (χ4v) is 15.9. The van der Waals surface area contributed by atoms with E-state index in [-0.39, 0.29) is 43.3 Å². The molecule has 0 aliphatic carbocycles. The number of benzene rings is 12. The van der Waals surface area contributed by atoms with Gasteiger partial charge in [-0.25, -0.2) is 0 Å². The Morgan fingerprint density at radius 3 is 0.351 bits per heavy atom. The van der Waals surface area contributed by atoms with Gasteiger partial charge in [0.15, 0.2) is 0 Å². The third-order valence-corrected chi connectivity index (χ3v) is 24.5. The van der Waals surface area contributed by atoms with Crippen LogP contribution in [-0.4, -0.2) is 9.97 Å². The second-order valence-electron chi connectivity index (χ2n) is 39.5. The Labute approximate surface area is 683 Å². The molecule has 0 aliphatic heterocycles. The molecule has 0 unspecified atom stereocenters. The molecule has 0 fully saturated rings. The lowest BCUT2D eigenvalue weighted by Crippen LogP contribution is -2.40. The monoisotopic (exact) mass is 1490 g/mol.